The SMILES string of the molecule is CCC(CC)C(CNC(=O)c1ccc(NC(C)c2ccccn2)c([N+](=O)[O-])c1)N1CCOCC1. The van der Waals surface area contributed by atoms with E-state index in [4.69, 9.17) is 4.74 Å². The molecule has 1 amide bonds. The lowest BCUT2D eigenvalue weighted by Gasteiger charge is -2.38. The Labute approximate surface area is 201 Å². The number of carbonyl (C=O) groups is 1. The van der Waals surface area contributed by atoms with Gasteiger partial charge in [-0.2, -0.15) is 0 Å². The van der Waals surface area contributed by atoms with Gasteiger partial charge < -0.3 is 15.4 Å². The second-order valence-corrected chi connectivity index (χ2v) is 8.61. The summed E-state index contributed by atoms with van der Waals surface area (Å²) in [7, 11) is 0. The van der Waals surface area contributed by atoms with Gasteiger partial charge in [0.05, 0.1) is 29.9 Å². The van der Waals surface area contributed by atoms with Crippen molar-refractivity contribution in [2.75, 3.05) is 38.2 Å². The number of rotatable bonds is 11. The largest absolute Gasteiger partial charge is 0.379 e. The summed E-state index contributed by atoms with van der Waals surface area (Å²) in [4.78, 5) is 30.9. The molecule has 1 fully saturated rings. The number of nitrogens with one attached hydrogen (secondary N) is 2. The van der Waals surface area contributed by atoms with E-state index < -0.39 is 4.92 Å². The lowest BCUT2D eigenvalue weighted by atomic mass is 9.92. The third kappa shape index (κ3) is 6.51. The number of aromatic nitrogens is 1. The summed E-state index contributed by atoms with van der Waals surface area (Å²) < 4.78 is 5.49. The molecule has 0 saturated carbocycles. The molecule has 1 saturated heterocycles. The van der Waals surface area contributed by atoms with Gasteiger partial charge in [0.2, 0.25) is 0 Å². The summed E-state index contributed by atoms with van der Waals surface area (Å²) in [6.07, 6.45) is 3.73. The maximum atomic E-state index is 13.0. The van der Waals surface area contributed by atoms with Crippen molar-refractivity contribution in [3.8, 4) is 0 Å². The molecule has 1 aromatic heterocycles. The fourth-order valence-corrected chi connectivity index (χ4v) is 4.52. The smallest absolute Gasteiger partial charge is 0.293 e. The fraction of sp³-hybridized carbons (Fsp3) is 0.520. The van der Waals surface area contributed by atoms with Crippen molar-refractivity contribution in [2.24, 2.45) is 5.92 Å². The van der Waals surface area contributed by atoms with Gasteiger partial charge in [0.15, 0.2) is 0 Å². The van der Waals surface area contributed by atoms with E-state index in [1.54, 1.807) is 18.3 Å². The van der Waals surface area contributed by atoms with E-state index in [0.29, 0.717) is 31.4 Å². The first kappa shape index (κ1) is 25.6. The Bertz CT molecular complexity index is 946. The molecular weight excluding hydrogens is 434 g/mol. The first-order chi connectivity index (χ1) is 16.4. The molecule has 9 nitrogen and oxygen atoms in total. The van der Waals surface area contributed by atoms with Gasteiger partial charge in [0, 0.05) is 43.5 Å². The number of nitrogens with zero attached hydrogens (tertiary/aromatic N) is 3. The molecule has 2 aromatic rings. The van der Waals surface area contributed by atoms with Crippen molar-refractivity contribution in [3.05, 3.63) is 64.0 Å². The van der Waals surface area contributed by atoms with Crippen LogP contribution in [-0.4, -0.2) is 59.6 Å². The highest BCUT2D eigenvalue weighted by Gasteiger charge is 2.28. The Balaban J connectivity index is 1.72. The number of amides is 1. The third-order valence-corrected chi connectivity index (χ3v) is 6.54. The Morgan fingerprint density at radius 3 is 2.56 bits per heavy atom. The molecule has 0 aliphatic carbocycles. The Morgan fingerprint density at radius 2 is 1.94 bits per heavy atom. The van der Waals surface area contributed by atoms with Gasteiger partial charge in [0.25, 0.3) is 11.6 Å². The number of pyridine rings is 1. The molecule has 9 heteroatoms. The number of morpholine rings is 1. The Kier molecular flexibility index (Phi) is 9.35. The van der Waals surface area contributed by atoms with Crippen molar-refractivity contribution in [1.29, 1.82) is 0 Å². The number of ether oxygens (including phenoxy) is 1. The van der Waals surface area contributed by atoms with E-state index >= 15 is 0 Å². The molecule has 34 heavy (non-hydrogen) atoms. The normalized spacial score (nSPS) is 16.1. The standard InChI is InChI=1S/C25H35N5O4/c1-4-19(5-2)24(29-12-14-34-15-13-29)17-27-25(31)20-9-10-22(23(16-20)30(32)33)28-18(3)21-8-6-7-11-26-21/h6-11,16,18-19,24,28H,4-5,12-15,17H2,1-3H3,(H,27,31). The van der Waals surface area contributed by atoms with Crippen molar-refractivity contribution >= 4 is 17.3 Å². The minimum Gasteiger partial charge on any atom is -0.379 e. The molecule has 1 aliphatic rings. The molecule has 184 valence electrons. The highest BCUT2D eigenvalue weighted by atomic mass is 16.6. The maximum absolute atomic E-state index is 13.0. The number of hydrogen-bond donors (Lipinski definition) is 2. The van der Waals surface area contributed by atoms with E-state index in [1.165, 1.54) is 6.07 Å². The molecule has 0 spiro atoms. The summed E-state index contributed by atoms with van der Waals surface area (Å²) >= 11 is 0. The first-order valence-electron chi connectivity index (χ1n) is 12.0. The number of hydrogen-bond acceptors (Lipinski definition) is 7. The molecule has 2 N–H and O–H groups in total. The van der Waals surface area contributed by atoms with Gasteiger partial charge >= 0.3 is 0 Å². The van der Waals surface area contributed by atoms with E-state index in [9.17, 15) is 14.9 Å². The van der Waals surface area contributed by atoms with Gasteiger partial charge in [0.1, 0.15) is 5.69 Å². The van der Waals surface area contributed by atoms with E-state index in [2.05, 4.69) is 34.4 Å². The number of nitro benzene ring substituents is 1. The first-order valence-corrected chi connectivity index (χ1v) is 12.0. The zero-order valence-corrected chi connectivity index (χ0v) is 20.2. The number of benzene rings is 1. The van der Waals surface area contributed by atoms with Gasteiger partial charge in [-0.25, -0.2) is 0 Å². The number of nitro groups is 1. The summed E-state index contributed by atoms with van der Waals surface area (Å²) in [5.74, 6) is 0.143. The summed E-state index contributed by atoms with van der Waals surface area (Å²) in [6, 6.07) is 10.1. The van der Waals surface area contributed by atoms with Gasteiger partial charge in [-0.05, 0) is 37.1 Å². The van der Waals surface area contributed by atoms with Crippen LogP contribution >= 0.6 is 0 Å². The molecule has 0 radical (unpaired) electrons. The van der Waals surface area contributed by atoms with E-state index in [0.717, 1.165) is 31.6 Å². The number of carbonyl (C=O) groups excluding carboxylic acids is 1. The molecule has 2 atom stereocenters. The third-order valence-electron chi connectivity index (χ3n) is 6.54. The highest BCUT2D eigenvalue weighted by Crippen LogP contribution is 2.29. The summed E-state index contributed by atoms with van der Waals surface area (Å²) in [5, 5.41) is 17.9. The minimum absolute atomic E-state index is 0.139. The van der Waals surface area contributed by atoms with Crippen LogP contribution < -0.4 is 10.6 Å². The van der Waals surface area contributed by atoms with Crippen molar-refractivity contribution in [2.45, 2.75) is 45.7 Å². The second-order valence-electron chi connectivity index (χ2n) is 8.61. The van der Waals surface area contributed by atoms with E-state index in [-0.39, 0.29) is 29.2 Å². The molecular formula is C25H35N5O4. The summed E-state index contributed by atoms with van der Waals surface area (Å²) in [6.45, 7) is 9.81. The lowest BCUT2D eigenvalue weighted by Crippen LogP contribution is -2.52. The molecule has 2 heterocycles. The van der Waals surface area contributed by atoms with Crippen molar-refractivity contribution in [3.63, 3.8) is 0 Å². The van der Waals surface area contributed by atoms with Crippen LogP contribution in [0.25, 0.3) is 0 Å². The van der Waals surface area contributed by atoms with Crippen LogP contribution in [0, 0.1) is 16.0 Å². The van der Waals surface area contributed by atoms with E-state index in [1.807, 2.05) is 25.1 Å². The molecule has 1 aliphatic heterocycles. The van der Waals surface area contributed by atoms with Crippen LogP contribution in [0.15, 0.2) is 42.6 Å². The Morgan fingerprint density at radius 1 is 1.21 bits per heavy atom. The predicted octanol–water partition coefficient (Wildman–Crippen LogP) is 4.03. The van der Waals surface area contributed by atoms with Crippen molar-refractivity contribution < 1.29 is 14.5 Å². The predicted molar refractivity (Wildman–Crippen MR) is 132 cm³/mol. The molecule has 2 unspecified atom stereocenters. The number of anilines is 1. The van der Waals surface area contributed by atoms with Crippen LogP contribution in [0.1, 0.15) is 55.7 Å². The minimum atomic E-state index is -0.467. The fourth-order valence-electron chi connectivity index (χ4n) is 4.52. The van der Waals surface area contributed by atoms with Gasteiger partial charge in [-0.1, -0.05) is 32.8 Å². The topological polar surface area (TPSA) is 110 Å². The van der Waals surface area contributed by atoms with Crippen molar-refractivity contribution in [1.82, 2.24) is 15.2 Å². The molecule has 1 aromatic carbocycles. The quantitative estimate of drug-likeness (QED) is 0.378. The maximum Gasteiger partial charge on any atom is 0.293 e. The van der Waals surface area contributed by atoms with Gasteiger partial charge in [-0.15, -0.1) is 0 Å². The van der Waals surface area contributed by atoms with Crippen LogP contribution in [0.2, 0.25) is 0 Å². The van der Waals surface area contributed by atoms with Crippen LogP contribution in [0.3, 0.4) is 0 Å². The van der Waals surface area contributed by atoms with Crippen LogP contribution in [0.5, 0.6) is 0 Å². The lowest BCUT2D eigenvalue weighted by molar-refractivity contribution is -0.384. The zero-order chi connectivity index (χ0) is 24.5. The van der Waals surface area contributed by atoms with Crippen LogP contribution in [0.4, 0.5) is 11.4 Å². The highest BCUT2D eigenvalue weighted by molar-refractivity contribution is 5.95. The second kappa shape index (κ2) is 12.4. The van der Waals surface area contributed by atoms with Gasteiger partial charge in [-0.3, -0.25) is 24.8 Å². The van der Waals surface area contributed by atoms with Crippen LogP contribution in [-0.2, 0) is 4.74 Å². The molecule has 3 rings (SSSR count). The average Bonchev–Trinajstić information content (AvgIpc) is 2.87. The zero-order valence-electron chi connectivity index (χ0n) is 20.2. The average molecular weight is 470 g/mol. The molecule has 0 bridgehead atoms. The monoisotopic (exact) mass is 469 g/mol. The Hall–Kier alpha value is -3.04. The summed E-state index contributed by atoms with van der Waals surface area (Å²) in [5.41, 5.74) is 1.25.